The van der Waals surface area contributed by atoms with Crippen LogP contribution in [0.2, 0.25) is 0 Å². The maximum absolute atomic E-state index is 5.85. The second-order valence-electron chi connectivity index (χ2n) is 5.44. The molecule has 2 heteroatoms. The van der Waals surface area contributed by atoms with E-state index in [0.29, 0.717) is 5.41 Å². The molecule has 0 aromatic heterocycles. The molecule has 2 unspecified atom stereocenters. The molecule has 2 N–H and O–H groups in total. The summed E-state index contributed by atoms with van der Waals surface area (Å²) in [6, 6.07) is 0. The van der Waals surface area contributed by atoms with Gasteiger partial charge >= 0.3 is 0 Å². The van der Waals surface area contributed by atoms with Crippen molar-refractivity contribution in [2.45, 2.75) is 39.5 Å². The molecule has 0 radical (unpaired) electrons. The minimum absolute atomic E-state index is 0.564. The summed E-state index contributed by atoms with van der Waals surface area (Å²) in [6.45, 7) is 5.72. The average Bonchev–Trinajstić information content (AvgIpc) is 2.14. The minimum atomic E-state index is 0.564. The Bertz CT molecular complexity index is 168. The van der Waals surface area contributed by atoms with Crippen LogP contribution >= 0.6 is 11.8 Å². The Morgan fingerprint density at radius 3 is 2.64 bits per heavy atom. The average molecular weight is 215 g/mol. The highest BCUT2D eigenvalue weighted by Crippen LogP contribution is 2.43. The standard InChI is InChI=1S/C12H25NS/c1-12(2)6-4-11(9-13)10(8-12)5-7-14-3/h10-11H,4-9,13H2,1-3H3. The third kappa shape index (κ3) is 3.47. The van der Waals surface area contributed by atoms with Crippen LogP contribution in [0.3, 0.4) is 0 Å². The second-order valence-corrected chi connectivity index (χ2v) is 6.43. The number of rotatable bonds is 4. The van der Waals surface area contributed by atoms with E-state index in [1.54, 1.807) is 0 Å². The van der Waals surface area contributed by atoms with Gasteiger partial charge < -0.3 is 5.73 Å². The Hall–Kier alpha value is 0.310. The third-order valence-electron chi connectivity index (χ3n) is 3.67. The quantitative estimate of drug-likeness (QED) is 0.779. The summed E-state index contributed by atoms with van der Waals surface area (Å²) < 4.78 is 0. The number of nitrogens with two attached hydrogens (primary N) is 1. The van der Waals surface area contributed by atoms with Gasteiger partial charge in [0.1, 0.15) is 0 Å². The summed E-state index contributed by atoms with van der Waals surface area (Å²) in [5.74, 6) is 2.99. The SMILES string of the molecule is CSCCC1CC(C)(C)CCC1CN. The van der Waals surface area contributed by atoms with Gasteiger partial charge in [-0.2, -0.15) is 11.8 Å². The van der Waals surface area contributed by atoms with Crippen LogP contribution in [0.15, 0.2) is 0 Å². The lowest BCUT2D eigenvalue weighted by Crippen LogP contribution is -2.34. The summed E-state index contributed by atoms with van der Waals surface area (Å²) in [5, 5.41) is 0. The van der Waals surface area contributed by atoms with Crippen LogP contribution in [0.25, 0.3) is 0 Å². The zero-order chi connectivity index (χ0) is 10.6. The van der Waals surface area contributed by atoms with Crippen LogP contribution in [-0.2, 0) is 0 Å². The van der Waals surface area contributed by atoms with E-state index < -0.39 is 0 Å². The zero-order valence-electron chi connectivity index (χ0n) is 9.88. The highest BCUT2D eigenvalue weighted by atomic mass is 32.2. The van der Waals surface area contributed by atoms with E-state index in [1.165, 1.54) is 31.4 Å². The van der Waals surface area contributed by atoms with Crippen LogP contribution in [0.1, 0.15) is 39.5 Å². The number of hydrogen-bond acceptors (Lipinski definition) is 2. The molecule has 1 aliphatic carbocycles. The van der Waals surface area contributed by atoms with E-state index in [-0.39, 0.29) is 0 Å². The largest absolute Gasteiger partial charge is 0.330 e. The van der Waals surface area contributed by atoms with Crippen molar-refractivity contribution >= 4 is 11.8 Å². The molecule has 0 aliphatic heterocycles. The van der Waals surface area contributed by atoms with Crippen molar-refractivity contribution in [3.05, 3.63) is 0 Å². The van der Waals surface area contributed by atoms with Crippen molar-refractivity contribution in [2.24, 2.45) is 23.0 Å². The first-order valence-electron chi connectivity index (χ1n) is 5.78. The summed E-state index contributed by atoms with van der Waals surface area (Å²) >= 11 is 1.97. The Kier molecular flexibility index (Phi) is 4.78. The van der Waals surface area contributed by atoms with Crippen molar-refractivity contribution in [1.29, 1.82) is 0 Å². The van der Waals surface area contributed by atoms with Crippen molar-refractivity contribution in [2.75, 3.05) is 18.6 Å². The van der Waals surface area contributed by atoms with Gasteiger partial charge in [0, 0.05) is 0 Å². The maximum Gasteiger partial charge on any atom is -0.00462 e. The number of thioether (sulfide) groups is 1. The summed E-state index contributed by atoms with van der Waals surface area (Å²) in [7, 11) is 0. The Morgan fingerprint density at radius 1 is 1.36 bits per heavy atom. The molecule has 2 atom stereocenters. The lowest BCUT2D eigenvalue weighted by molar-refractivity contribution is 0.119. The Labute approximate surface area is 93.2 Å². The fourth-order valence-corrected chi connectivity index (χ4v) is 3.25. The molecule has 14 heavy (non-hydrogen) atoms. The van der Waals surface area contributed by atoms with Gasteiger partial charge in [0.2, 0.25) is 0 Å². The highest BCUT2D eigenvalue weighted by Gasteiger charge is 2.33. The van der Waals surface area contributed by atoms with Crippen LogP contribution in [0.5, 0.6) is 0 Å². The van der Waals surface area contributed by atoms with E-state index in [0.717, 1.165) is 18.4 Å². The first kappa shape index (κ1) is 12.4. The predicted octanol–water partition coefficient (Wildman–Crippen LogP) is 3.14. The van der Waals surface area contributed by atoms with Gasteiger partial charge in [-0.25, -0.2) is 0 Å². The topological polar surface area (TPSA) is 26.0 Å². The molecule has 0 aromatic rings. The fourth-order valence-electron chi connectivity index (χ4n) is 2.71. The van der Waals surface area contributed by atoms with Crippen molar-refractivity contribution < 1.29 is 0 Å². The van der Waals surface area contributed by atoms with Crippen molar-refractivity contribution in [3.8, 4) is 0 Å². The molecule has 0 saturated heterocycles. The highest BCUT2D eigenvalue weighted by molar-refractivity contribution is 7.98. The minimum Gasteiger partial charge on any atom is -0.330 e. The van der Waals surface area contributed by atoms with E-state index >= 15 is 0 Å². The summed E-state index contributed by atoms with van der Waals surface area (Å²) in [5.41, 5.74) is 6.41. The molecule has 0 bridgehead atoms. The van der Waals surface area contributed by atoms with Crippen LogP contribution in [0.4, 0.5) is 0 Å². The summed E-state index contributed by atoms with van der Waals surface area (Å²) in [6.07, 6.45) is 7.67. The van der Waals surface area contributed by atoms with Crippen LogP contribution < -0.4 is 5.73 Å². The first-order chi connectivity index (χ1) is 6.59. The molecule has 0 heterocycles. The Balaban J connectivity index is 2.47. The van der Waals surface area contributed by atoms with Gasteiger partial charge in [0.15, 0.2) is 0 Å². The van der Waals surface area contributed by atoms with E-state index in [2.05, 4.69) is 20.1 Å². The molecule has 0 spiro atoms. The molecule has 1 saturated carbocycles. The first-order valence-corrected chi connectivity index (χ1v) is 7.17. The molecule has 0 aromatic carbocycles. The number of hydrogen-bond donors (Lipinski definition) is 1. The molecule has 0 amide bonds. The second kappa shape index (κ2) is 5.41. The molecule has 1 nitrogen and oxygen atoms in total. The van der Waals surface area contributed by atoms with Crippen LogP contribution in [-0.4, -0.2) is 18.6 Å². The maximum atomic E-state index is 5.85. The molecule has 1 aliphatic rings. The molecule has 1 rings (SSSR count). The lowest BCUT2D eigenvalue weighted by Gasteiger charge is -2.40. The monoisotopic (exact) mass is 215 g/mol. The van der Waals surface area contributed by atoms with Gasteiger partial charge in [-0.05, 0) is 61.5 Å². The van der Waals surface area contributed by atoms with Crippen molar-refractivity contribution in [1.82, 2.24) is 0 Å². The van der Waals surface area contributed by atoms with Gasteiger partial charge in [-0.15, -0.1) is 0 Å². The Morgan fingerprint density at radius 2 is 2.07 bits per heavy atom. The predicted molar refractivity (Wildman–Crippen MR) is 66.7 cm³/mol. The fraction of sp³-hybridized carbons (Fsp3) is 1.00. The van der Waals surface area contributed by atoms with Crippen molar-refractivity contribution in [3.63, 3.8) is 0 Å². The molecule has 1 fully saturated rings. The summed E-state index contributed by atoms with van der Waals surface area (Å²) in [4.78, 5) is 0. The van der Waals surface area contributed by atoms with Crippen LogP contribution in [0, 0.1) is 17.3 Å². The van der Waals surface area contributed by atoms with Gasteiger partial charge in [-0.3, -0.25) is 0 Å². The third-order valence-corrected chi connectivity index (χ3v) is 4.31. The lowest BCUT2D eigenvalue weighted by atomic mass is 9.66. The zero-order valence-corrected chi connectivity index (χ0v) is 10.7. The smallest absolute Gasteiger partial charge is 0.00462 e. The van der Waals surface area contributed by atoms with E-state index in [9.17, 15) is 0 Å². The van der Waals surface area contributed by atoms with Gasteiger partial charge in [0.25, 0.3) is 0 Å². The van der Waals surface area contributed by atoms with E-state index in [4.69, 9.17) is 5.73 Å². The normalized spacial score (nSPS) is 31.7. The van der Waals surface area contributed by atoms with E-state index in [1.807, 2.05) is 11.8 Å². The molecular formula is C12H25NS. The molecule has 84 valence electrons. The molecular weight excluding hydrogens is 190 g/mol. The van der Waals surface area contributed by atoms with Gasteiger partial charge in [-0.1, -0.05) is 13.8 Å². The van der Waals surface area contributed by atoms with Gasteiger partial charge in [0.05, 0.1) is 0 Å².